The maximum absolute atomic E-state index is 14.0. The van der Waals surface area contributed by atoms with Crippen LogP contribution in [0.5, 0.6) is 0 Å². The van der Waals surface area contributed by atoms with Gasteiger partial charge < -0.3 is 10.2 Å². The molecule has 1 aromatic rings. The summed E-state index contributed by atoms with van der Waals surface area (Å²) in [5, 5.41) is 3.29. The van der Waals surface area contributed by atoms with Crippen molar-refractivity contribution in [1.29, 1.82) is 0 Å². The molecule has 0 spiro atoms. The zero-order chi connectivity index (χ0) is 14.7. The lowest BCUT2D eigenvalue weighted by molar-refractivity contribution is 0.242. The van der Waals surface area contributed by atoms with E-state index in [-0.39, 0.29) is 11.9 Å². The molecule has 0 aromatic heterocycles. The molecule has 0 radical (unpaired) electrons. The fourth-order valence-corrected chi connectivity index (χ4v) is 3.38. The molecule has 1 N–H and O–H groups in total. The van der Waals surface area contributed by atoms with Gasteiger partial charge in [-0.05, 0) is 30.9 Å². The summed E-state index contributed by atoms with van der Waals surface area (Å²) in [7, 11) is 1.92. The third-order valence-electron chi connectivity index (χ3n) is 4.73. The first-order valence-electron chi connectivity index (χ1n) is 7.67. The van der Waals surface area contributed by atoms with Crippen LogP contribution in [0.25, 0.3) is 0 Å². The standard InChI is InChI=1S/C17H27FN2/c1-12-9-20(10-13(12)2)11-14(3)17(19-4)15-7-5-6-8-16(15)18/h5-8,12-14,17,19H,9-11H2,1-4H3. The van der Waals surface area contributed by atoms with Gasteiger partial charge in [-0.3, -0.25) is 0 Å². The van der Waals surface area contributed by atoms with Crippen LogP contribution < -0.4 is 5.32 Å². The number of hydrogen-bond donors (Lipinski definition) is 1. The van der Waals surface area contributed by atoms with Gasteiger partial charge in [0.1, 0.15) is 5.82 Å². The SMILES string of the molecule is CNC(c1ccccc1F)C(C)CN1CC(C)C(C)C1. The van der Waals surface area contributed by atoms with Crippen molar-refractivity contribution in [3.05, 3.63) is 35.6 Å². The third-order valence-corrected chi connectivity index (χ3v) is 4.73. The number of hydrogen-bond acceptors (Lipinski definition) is 2. The van der Waals surface area contributed by atoms with Gasteiger partial charge in [0.2, 0.25) is 0 Å². The lowest BCUT2D eigenvalue weighted by Crippen LogP contribution is -2.34. The van der Waals surface area contributed by atoms with Gasteiger partial charge in [-0.25, -0.2) is 4.39 Å². The van der Waals surface area contributed by atoms with E-state index in [9.17, 15) is 4.39 Å². The molecule has 0 bridgehead atoms. The molecule has 1 aromatic carbocycles. The molecule has 1 aliphatic rings. The van der Waals surface area contributed by atoms with Crippen LogP contribution in [0, 0.1) is 23.6 Å². The number of rotatable bonds is 5. The first kappa shape index (κ1) is 15.5. The highest BCUT2D eigenvalue weighted by Gasteiger charge is 2.29. The fraction of sp³-hybridized carbons (Fsp3) is 0.647. The van der Waals surface area contributed by atoms with Gasteiger partial charge in [-0.15, -0.1) is 0 Å². The molecular formula is C17H27FN2. The molecule has 3 heteroatoms. The average Bonchev–Trinajstić information content (AvgIpc) is 2.71. The molecule has 0 saturated carbocycles. The minimum Gasteiger partial charge on any atom is -0.313 e. The van der Waals surface area contributed by atoms with E-state index >= 15 is 0 Å². The van der Waals surface area contributed by atoms with Crippen LogP contribution in [-0.4, -0.2) is 31.6 Å². The fourth-order valence-electron chi connectivity index (χ4n) is 3.38. The first-order valence-corrected chi connectivity index (χ1v) is 7.67. The Hall–Kier alpha value is -0.930. The summed E-state index contributed by atoms with van der Waals surface area (Å²) in [5.41, 5.74) is 0.780. The zero-order valence-corrected chi connectivity index (χ0v) is 13.1. The van der Waals surface area contributed by atoms with Crippen molar-refractivity contribution in [2.24, 2.45) is 17.8 Å². The molecule has 2 rings (SSSR count). The molecule has 20 heavy (non-hydrogen) atoms. The van der Waals surface area contributed by atoms with Crippen molar-refractivity contribution >= 4 is 0 Å². The van der Waals surface area contributed by atoms with E-state index in [0.717, 1.165) is 23.9 Å². The molecule has 2 nitrogen and oxygen atoms in total. The van der Waals surface area contributed by atoms with E-state index in [0.29, 0.717) is 5.92 Å². The Morgan fingerprint density at radius 1 is 1.25 bits per heavy atom. The van der Waals surface area contributed by atoms with E-state index in [1.807, 2.05) is 19.2 Å². The van der Waals surface area contributed by atoms with Crippen molar-refractivity contribution in [3.8, 4) is 0 Å². The van der Waals surface area contributed by atoms with Gasteiger partial charge in [0.15, 0.2) is 0 Å². The van der Waals surface area contributed by atoms with Crippen LogP contribution in [0.4, 0.5) is 4.39 Å². The second kappa shape index (κ2) is 6.68. The van der Waals surface area contributed by atoms with E-state index in [1.54, 1.807) is 12.1 Å². The molecule has 1 fully saturated rings. The minimum absolute atomic E-state index is 0.0717. The quantitative estimate of drug-likeness (QED) is 0.889. The summed E-state index contributed by atoms with van der Waals surface area (Å²) in [6, 6.07) is 7.17. The zero-order valence-electron chi connectivity index (χ0n) is 13.1. The Morgan fingerprint density at radius 2 is 1.85 bits per heavy atom. The van der Waals surface area contributed by atoms with E-state index in [4.69, 9.17) is 0 Å². The molecular weight excluding hydrogens is 251 g/mol. The second-order valence-corrected chi connectivity index (χ2v) is 6.44. The number of nitrogens with zero attached hydrogens (tertiary/aromatic N) is 1. The topological polar surface area (TPSA) is 15.3 Å². The lowest BCUT2D eigenvalue weighted by Gasteiger charge is -2.28. The van der Waals surface area contributed by atoms with Crippen LogP contribution in [-0.2, 0) is 0 Å². The van der Waals surface area contributed by atoms with Crippen LogP contribution in [0.15, 0.2) is 24.3 Å². The minimum atomic E-state index is -0.109. The Labute approximate surface area is 122 Å². The maximum Gasteiger partial charge on any atom is 0.127 e. The normalized spacial score (nSPS) is 26.6. The summed E-state index contributed by atoms with van der Waals surface area (Å²) >= 11 is 0. The van der Waals surface area contributed by atoms with Crippen molar-refractivity contribution in [1.82, 2.24) is 10.2 Å². The van der Waals surface area contributed by atoms with Crippen LogP contribution >= 0.6 is 0 Å². The molecule has 112 valence electrons. The molecule has 1 aliphatic heterocycles. The monoisotopic (exact) mass is 278 g/mol. The van der Waals surface area contributed by atoms with Gasteiger partial charge in [0.25, 0.3) is 0 Å². The number of halogens is 1. The Balaban J connectivity index is 2.03. The van der Waals surface area contributed by atoms with Gasteiger partial charge in [-0.1, -0.05) is 39.0 Å². The number of nitrogens with one attached hydrogen (secondary N) is 1. The van der Waals surface area contributed by atoms with Crippen LogP contribution in [0.3, 0.4) is 0 Å². The van der Waals surface area contributed by atoms with Crippen LogP contribution in [0.2, 0.25) is 0 Å². The Morgan fingerprint density at radius 3 is 2.40 bits per heavy atom. The molecule has 4 unspecified atom stereocenters. The van der Waals surface area contributed by atoms with Crippen molar-refractivity contribution in [2.75, 3.05) is 26.7 Å². The first-order chi connectivity index (χ1) is 9.52. The second-order valence-electron chi connectivity index (χ2n) is 6.44. The number of benzene rings is 1. The van der Waals surface area contributed by atoms with Crippen molar-refractivity contribution in [2.45, 2.75) is 26.8 Å². The van der Waals surface area contributed by atoms with E-state index in [1.165, 1.54) is 13.1 Å². The highest BCUT2D eigenvalue weighted by Crippen LogP contribution is 2.28. The van der Waals surface area contributed by atoms with Gasteiger partial charge >= 0.3 is 0 Å². The molecule has 1 saturated heterocycles. The molecule has 0 aliphatic carbocycles. The maximum atomic E-state index is 14.0. The van der Waals surface area contributed by atoms with Gasteiger partial charge in [-0.2, -0.15) is 0 Å². The van der Waals surface area contributed by atoms with E-state index in [2.05, 4.69) is 31.0 Å². The van der Waals surface area contributed by atoms with Crippen molar-refractivity contribution < 1.29 is 4.39 Å². The summed E-state index contributed by atoms with van der Waals surface area (Å²) < 4.78 is 14.0. The predicted octanol–water partition coefficient (Wildman–Crippen LogP) is 3.31. The Kier molecular flexibility index (Phi) is 5.17. The number of likely N-dealkylation sites (tertiary alicyclic amines) is 1. The van der Waals surface area contributed by atoms with E-state index < -0.39 is 0 Å². The summed E-state index contributed by atoms with van der Waals surface area (Å²) in [6.45, 7) is 10.2. The van der Waals surface area contributed by atoms with Crippen molar-refractivity contribution in [3.63, 3.8) is 0 Å². The lowest BCUT2D eigenvalue weighted by atomic mass is 9.93. The van der Waals surface area contributed by atoms with Gasteiger partial charge in [0.05, 0.1) is 0 Å². The summed E-state index contributed by atoms with van der Waals surface area (Å²) in [5.74, 6) is 1.81. The third kappa shape index (κ3) is 3.39. The van der Waals surface area contributed by atoms with Crippen LogP contribution in [0.1, 0.15) is 32.4 Å². The molecule has 0 amide bonds. The average molecular weight is 278 g/mol. The summed E-state index contributed by atoms with van der Waals surface area (Å²) in [6.07, 6.45) is 0. The molecule has 4 atom stereocenters. The summed E-state index contributed by atoms with van der Waals surface area (Å²) in [4.78, 5) is 2.52. The highest BCUT2D eigenvalue weighted by molar-refractivity contribution is 5.21. The largest absolute Gasteiger partial charge is 0.313 e. The van der Waals surface area contributed by atoms with Gasteiger partial charge in [0, 0.05) is 31.2 Å². The smallest absolute Gasteiger partial charge is 0.127 e. The molecule has 1 heterocycles. The predicted molar refractivity (Wildman–Crippen MR) is 82.1 cm³/mol. The highest BCUT2D eigenvalue weighted by atomic mass is 19.1. The Bertz CT molecular complexity index is 425.